The Bertz CT molecular complexity index is 365. The largest absolute Gasteiger partial charge is 0.477 e. The van der Waals surface area contributed by atoms with Gasteiger partial charge in [0.1, 0.15) is 11.8 Å². The Hall–Kier alpha value is -1.69. The maximum atomic E-state index is 8.58. The summed E-state index contributed by atoms with van der Waals surface area (Å²) >= 11 is 0. The molecule has 0 aliphatic carbocycles. The molecule has 17 heavy (non-hydrogen) atoms. The van der Waals surface area contributed by atoms with Crippen molar-refractivity contribution in [2.75, 3.05) is 24.6 Å². The Labute approximate surface area is 104 Å². The highest BCUT2D eigenvalue weighted by atomic mass is 16.5. The molecule has 0 bridgehead atoms. The summed E-state index contributed by atoms with van der Waals surface area (Å²) in [5.74, 6) is 0.802. The Kier molecular flexibility index (Phi) is 5.95. The fourth-order valence-electron chi connectivity index (χ4n) is 1.84. The van der Waals surface area contributed by atoms with Gasteiger partial charge < -0.3 is 9.64 Å². The lowest BCUT2D eigenvalue weighted by Crippen LogP contribution is -2.25. The molecule has 0 saturated carbocycles. The number of rotatable bonds is 7. The number of nitriles is 1. The third-order valence-electron chi connectivity index (χ3n) is 2.49. The predicted molar refractivity (Wildman–Crippen MR) is 70.3 cm³/mol. The van der Waals surface area contributed by atoms with E-state index in [0.717, 1.165) is 37.4 Å². The van der Waals surface area contributed by atoms with E-state index in [4.69, 9.17) is 10.00 Å². The third-order valence-corrected chi connectivity index (χ3v) is 2.49. The molecule has 0 radical (unpaired) electrons. The summed E-state index contributed by atoms with van der Waals surface area (Å²) in [4.78, 5) is 2.31. The minimum atomic E-state index is 0.100. The van der Waals surface area contributed by atoms with Crippen molar-refractivity contribution in [2.45, 2.75) is 26.7 Å². The molecule has 1 aromatic carbocycles. The smallest absolute Gasteiger partial charge is 0.174 e. The first-order valence-electron chi connectivity index (χ1n) is 6.17. The van der Waals surface area contributed by atoms with Crippen LogP contribution in [0.5, 0.6) is 5.75 Å². The molecule has 1 rings (SSSR count). The van der Waals surface area contributed by atoms with Gasteiger partial charge in [-0.15, -0.1) is 0 Å². The van der Waals surface area contributed by atoms with Crippen LogP contribution in [0.25, 0.3) is 0 Å². The van der Waals surface area contributed by atoms with Crippen LogP contribution in [0.3, 0.4) is 0 Å². The Morgan fingerprint density at radius 3 is 2.41 bits per heavy atom. The minimum Gasteiger partial charge on any atom is -0.477 e. The van der Waals surface area contributed by atoms with E-state index in [1.54, 1.807) is 0 Å². The van der Waals surface area contributed by atoms with Crippen LogP contribution in [0.4, 0.5) is 5.69 Å². The molecule has 0 heterocycles. The molecule has 0 saturated heterocycles. The van der Waals surface area contributed by atoms with E-state index in [0.29, 0.717) is 0 Å². The number of nitrogens with zero attached hydrogens (tertiary/aromatic N) is 2. The van der Waals surface area contributed by atoms with Crippen molar-refractivity contribution in [3.63, 3.8) is 0 Å². The van der Waals surface area contributed by atoms with Crippen molar-refractivity contribution >= 4 is 5.69 Å². The fourth-order valence-corrected chi connectivity index (χ4v) is 1.84. The van der Waals surface area contributed by atoms with Crippen molar-refractivity contribution in [3.05, 3.63) is 24.3 Å². The Morgan fingerprint density at radius 1 is 1.18 bits per heavy atom. The molecule has 0 fully saturated rings. The Balaban J connectivity index is 2.88. The lowest BCUT2D eigenvalue weighted by atomic mass is 10.2. The first-order valence-corrected chi connectivity index (χ1v) is 6.17. The second-order valence-electron chi connectivity index (χ2n) is 3.90. The fraction of sp³-hybridized carbons (Fsp3) is 0.500. The van der Waals surface area contributed by atoms with Crippen LogP contribution in [0.1, 0.15) is 26.7 Å². The number of hydrogen-bond acceptors (Lipinski definition) is 3. The zero-order valence-electron chi connectivity index (χ0n) is 10.6. The summed E-state index contributed by atoms with van der Waals surface area (Å²) in [6.07, 6.45) is 2.21. The van der Waals surface area contributed by atoms with Crippen LogP contribution < -0.4 is 9.64 Å². The molecular weight excluding hydrogens is 212 g/mol. The average molecular weight is 232 g/mol. The maximum absolute atomic E-state index is 8.58. The van der Waals surface area contributed by atoms with Gasteiger partial charge in [0.25, 0.3) is 0 Å². The molecule has 0 aliphatic heterocycles. The van der Waals surface area contributed by atoms with Crippen LogP contribution in [-0.4, -0.2) is 19.7 Å². The van der Waals surface area contributed by atoms with E-state index < -0.39 is 0 Å². The molecule has 0 unspecified atom stereocenters. The SMILES string of the molecule is CCCN(CCC)c1ccccc1OCC#N. The van der Waals surface area contributed by atoms with Crippen LogP contribution in [0, 0.1) is 11.3 Å². The molecule has 0 spiro atoms. The summed E-state index contributed by atoms with van der Waals surface area (Å²) in [7, 11) is 0. The van der Waals surface area contributed by atoms with Gasteiger partial charge in [0.15, 0.2) is 6.61 Å². The van der Waals surface area contributed by atoms with E-state index in [1.165, 1.54) is 0 Å². The lowest BCUT2D eigenvalue weighted by molar-refractivity contribution is 0.368. The van der Waals surface area contributed by atoms with Crippen molar-refractivity contribution in [3.8, 4) is 11.8 Å². The van der Waals surface area contributed by atoms with Crippen LogP contribution in [-0.2, 0) is 0 Å². The molecule has 3 heteroatoms. The molecule has 3 nitrogen and oxygen atoms in total. The van der Waals surface area contributed by atoms with Crippen molar-refractivity contribution < 1.29 is 4.74 Å². The van der Waals surface area contributed by atoms with Crippen molar-refractivity contribution in [1.82, 2.24) is 0 Å². The van der Waals surface area contributed by atoms with Crippen molar-refractivity contribution in [1.29, 1.82) is 5.26 Å². The number of ether oxygens (including phenoxy) is 1. The quantitative estimate of drug-likeness (QED) is 0.724. The number of benzene rings is 1. The van der Waals surface area contributed by atoms with E-state index in [1.807, 2.05) is 24.3 Å². The van der Waals surface area contributed by atoms with Gasteiger partial charge in [0.05, 0.1) is 5.69 Å². The van der Waals surface area contributed by atoms with Gasteiger partial charge in [-0.25, -0.2) is 0 Å². The zero-order chi connectivity index (χ0) is 12.5. The summed E-state index contributed by atoms with van der Waals surface area (Å²) in [6, 6.07) is 9.92. The van der Waals surface area contributed by atoms with Gasteiger partial charge in [0.2, 0.25) is 0 Å². The third kappa shape index (κ3) is 3.99. The highest BCUT2D eigenvalue weighted by Gasteiger charge is 2.10. The van der Waals surface area contributed by atoms with Crippen LogP contribution >= 0.6 is 0 Å². The standard InChI is InChI=1S/C14H20N2O/c1-3-10-16(11-4-2)13-7-5-6-8-14(13)17-12-9-15/h5-8H,3-4,10-12H2,1-2H3. The number of hydrogen-bond donors (Lipinski definition) is 0. The molecule has 92 valence electrons. The maximum Gasteiger partial charge on any atom is 0.174 e. The highest BCUT2D eigenvalue weighted by Crippen LogP contribution is 2.28. The second-order valence-corrected chi connectivity index (χ2v) is 3.90. The van der Waals surface area contributed by atoms with Gasteiger partial charge in [0, 0.05) is 13.1 Å². The zero-order valence-corrected chi connectivity index (χ0v) is 10.6. The summed E-state index contributed by atoms with van der Waals surface area (Å²) < 4.78 is 5.46. The summed E-state index contributed by atoms with van der Waals surface area (Å²) in [5, 5.41) is 8.58. The molecule has 0 atom stereocenters. The second kappa shape index (κ2) is 7.56. The molecule has 0 N–H and O–H groups in total. The average Bonchev–Trinajstić information content (AvgIpc) is 2.36. The van der Waals surface area contributed by atoms with Crippen LogP contribution in [0.15, 0.2) is 24.3 Å². The molecule has 1 aromatic rings. The molecule has 0 amide bonds. The van der Waals surface area contributed by atoms with Gasteiger partial charge in [-0.1, -0.05) is 26.0 Å². The highest BCUT2D eigenvalue weighted by molar-refractivity contribution is 5.58. The predicted octanol–water partition coefficient (Wildman–Crippen LogP) is 3.22. The Morgan fingerprint density at radius 2 is 1.82 bits per heavy atom. The number of para-hydroxylation sites is 2. The normalized spacial score (nSPS) is 9.71. The lowest BCUT2D eigenvalue weighted by Gasteiger charge is -2.25. The number of anilines is 1. The van der Waals surface area contributed by atoms with E-state index >= 15 is 0 Å². The molecular formula is C14H20N2O. The minimum absolute atomic E-state index is 0.100. The monoisotopic (exact) mass is 232 g/mol. The molecule has 0 aromatic heterocycles. The molecule has 0 aliphatic rings. The van der Waals surface area contributed by atoms with Crippen molar-refractivity contribution in [2.24, 2.45) is 0 Å². The van der Waals surface area contributed by atoms with Gasteiger partial charge >= 0.3 is 0 Å². The van der Waals surface area contributed by atoms with E-state index in [2.05, 4.69) is 24.8 Å². The first kappa shape index (κ1) is 13.4. The van der Waals surface area contributed by atoms with Crippen LogP contribution in [0.2, 0.25) is 0 Å². The van der Waals surface area contributed by atoms with Gasteiger partial charge in [-0.2, -0.15) is 5.26 Å². The summed E-state index contributed by atoms with van der Waals surface area (Å²) in [5.41, 5.74) is 1.09. The topological polar surface area (TPSA) is 36.3 Å². The van der Waals surface area contributed by atoms with Gasteiger partial charge in [-0.05, 0) is 25.0 Å². The van der Waals surface area contributed by atoms with E-state index in [-0.39, 0.29) is 6.61 Å². The summed E-state index contributed by atoms with van der Waals surface area (Å²) in [6.45, 7) is 6.47. The van der Waals surface area contributed by atoms with E-state index in [9.17, 15) is 0 Å². The van der Waals surface area contributed by atoms with Gasteiger partial charge in [-0.3, -0.25) is 0 Å². The first-order chi connectivity index (χ1) is 8.33.